The molecule has 0 bridgehead atoms. The van der Waals surface area contributed by atoms with Gasteiger partial charge < -0.3 is 10.5 Å². The Morgan fingerprint density at radius 3 is 2.90 bits per heavy atom. The first-order valence-electron chi connectivity index (χ1n) is 7.92. The summed E-state index contributed by atoms with van der Waals surface area (Å²) in [5.74, 6) is 2.51. The van der Waals surface area contributed by atoms with Crippen LogP contribution in [-0.4, -0.2) is 12.6 Å². The van der Waals surface area contributed by atoms with Crippen molar-refractivity contribution in [1.29, 1.82) is 0 Å². The lowest BCUT2D eigenvalue weighted by Gasteiger charge is -2.39. The molecule has 0 radical (unpaired) electrons. The van der Waals surface area contributed by atoms with Crippen LogP contribution >= 0.6 is 0 Å². The second kappa shape index (κ2) is 6.62. The van der Waals surface area contributed by atoms with E-state index < -0.39 is 0 Å². The van der Waals surface area contributed by atoms with Gasteiger partial charge in [-0.3, -0.25) is 0 Å². The lowest BCUT2D eigenvalue weighted by atomic mass is 9.71. The van der Waals surface area contributed by atoms with Crippen molar-refractivity contribution < 1.29 is 4.74 Å². The highest BCUT2D eigenvalue weighted by Gasteiger charge is 2.33. The van der Waals surface area contributed by atoms with Gasteiger partial charge in [-0.1, -0.05) is 38.8 Å². The number of ether oxygens (including phenoxy) is 1. The molecule has 0 amide bonds. The van der Waals surface area contributed by atoms with Gasteiger partial charge in [0.2, 0.25) is 0 Å². The molecule has 112 valence electrons. The maximum atomic E-state index is 6.71. The molecule has 2 rings (SSSR count). The largest absolute Gasteiger partial charge is 0.497 e. The number of nitrogens with two attached hydrogens (primary N) is 1. The van der Waals surface area contributed by atoms with Crippen LogP contribution < -0.4 is 10.5 Å². The molecule has 2 heteroatoms. The summed E-state index contributed by atoms with van der Waals surface area (Å²) >= 11 is 0. The van der Waals surface area contributed by atoms with E-state index in [-0.39, 0.29) is 5.54 Å². The summed E-state index contributed by atoms with van der Waals surface area (Å²) < 4.78 is 5.31. The van der Waals surface area contributed by atoms with Crippen molar-refractivity contribution in [3.05, 3.63) is 29.8 Å². The topological polar surface area (TPSA) is 35.2 Å². The van der Waals surface area contributed by atoms with E-state index in [1.165, 1.54) is 31.2 Å². The number of rotatable bonds is 5. The average Bonchev–Trinajstić information content (AvgIpc) is 2.37. The average molecular weight is 275 g/mol. The summed E-state index contributed by atoms with van der Waals surface area (Å²) in [6, 6.07) is 8.35. The number of hydrogen-bond acceptors (Lipinski definition) is 2. The van der Waals surface area contributed by atoms with Gasteiger partial charge in [0.05, 0.1) is 7.11 Å². The fraction of sp³-hybridized carbons (Fsp3) is 0.667. The Hall–Kier alpha value is -1.02. The molecule has 20 heavy (non-hydrogen) atoms. The quantitative estimate of drug-likeness (QED) is 0.875. The minimum atomic E-state index is -0.0236. The van der Waals surface area contributed by atoms with E-state index in [2.05, 4.69) is 32.0 Å². The molecule has 2 N–H and O–H groups in total. The number of methoxy groups -OCH3 is 1. The molecule has 0 saturated heterocycles. The lowest BCUT2D eigenvalue weighted by molar-refractivity contribution is 0.200. The van der Waals surface area contributed by atoms with E-state index in [1.807, 2.05) is 6.07 Å². The van der Waals surface area contributed by atoms with Crippen molar-refractivity contribution in [2.24, 2.45) is 17.6 Å². The second-order valence-corrected chi connectivity index (χ2v) is 6.98. The summed E-state index contributed by atoms with van der Waals surface area (Å²) in [7, 11) is 1.72. The zero-order valence-electron chi connectivity index (χ0n) is 13.2. The van der Waals surface area contributed by atoms with Gasteiger partial charge in [-0.05, 0) is 55.2 Å². The van der Waals surface area contributed by atoms with Gasteiger partial charge in [-0.15, -0.1) is 0 Å². The van der Waals surface area contributed by atoms with E-state index in [9.17, 15) is 0 Å². The summed E-state index contributed by atoms with van der Waals surface area (Å²) in [6.07, 6.45) is 7.24. The molecular weight excluding hydrogens is 246 g/mol. The normalized spacial score (nSPS) is 26.8. The van der Waals surface area contributed by atoms with Gasteiger partial charge in [0.1, 0.15) is 5.75 Å². The third kappa shape index (κ3) is 4.24. The fourth-order valence-electron chi connectivity index (χ4n) is 3.74. The lowest BCUT2D eigenvalue weighted by Crippen LogP contribution is -2.46. The molecule has 0 spiro atoms. The Bertz CT molecular complexity index is 429. The Morgan fingerprint density at radius 2 is 2.20 bits per heavy atom. The standard InChI is InChI=1S/C18H29NO/c1-14(2)10-15-7-5-9-18(19,12-15)13-16-6-4-8-17(11-16)20-3/h4,6,8,11,14-15H,5,7,9-10,12-13,19H2,1-3H3. The molecule has 1 fully saturated rings. The Labute approximate surface area is 123 Å². The fourth-order valence-corrected chi connectivity index (χ4v) is 3.74. The second-order valence-electron chi connectivity index (χ2n) is 6.98. The van der Waals surface area contributed by atoms with Gasteiger partial charge in [-0.25, -0.2) is 0 Å². The van der Waals surface area contributed by atoms with Crippen molar-refractivity contribution in [1.82, 2.24) is 0 Å². The predicted molar refractivity (Wildman–Crippen MR) is 85.0 cm³/mol. The van der Waals surface area contributed by atoms with Crippen molar-refractivity contribution in [3.63, 3.8) is 0 Å². The van der Waals surface area contributed by atoms with Crippen LogP contribution in [0.4, 0.5) is 0 Å². The molecule has 0 heterocycles. The Kier molecular flexibility index (Phi) is 5.09. The summed E-state index contributed by atoms with van der Waals surface area (Å²) in [5, 5.41) is 0. The third-order valence-electron chi connectivity index (χ3n) is 4.48. The van der Waals surface area contributed by atoms with Gasteiger partial charge in [-0.2, -0.15) is 0 Å². The molecule has 0 aromatic heterocycles. The molecule has 2 unspecified atom stereocenters. The first-order valence-corrected chi connectivity index (χ1v) is 7.92. The summed E-state index contributed by atoms with van der Waals surface area (Å²) in [4.78, 5) is 0. The molecule has 2 nitrogen and oxygen atoms in total. The first-order chi connectivity index (χ1) is 9.50. The molecule has 1 aromatic carbocycles. The minimum absolute atomic E-state index is 0.0236. The van der Waals surface area contributed by atoms with Gasteiger partial charge in [0.15, 0.2) is 0 Å². The molecule has 1 aliphatic rings. The first kappa shape index (κ1) is 15.4. The van der Waals surface area contributed by atoms with Crippen LogP contribution in [0.3, 0.4) is 0 Å². The maximum absolute atomic E-state index is 6.71. The number of hydrogen-bond donors (Lipinski definition) is 1. The molecule has 1 aliphatic carbocycles. The highest BCUT2D eigenvalue weighted by molar-refractivity contribution is 5.29. The van der Waals surface area contributed by atoms with E-state index in [0.29, 0.717) is 0 Å². The number of benzene rings is 1. The molecular formula is C18H29NO. The zero-order chi connectivity index (χ0) is 14.6. The highest BCUT2D eigenvalue weighted by atomic mass is 16.5. The Morgan fingerprint density at radius 1 is 1.40 bits per heavy atom. The summed E-state index contributed by atoms with van der Waals surface area (Å²) in [5.41, 5.74) is 7.99. The third-order valence-corrected chi connectivity index (χ3v) is 4.48. The van der Waals surface area contributed by atoms with Crippen LogP contribution in [0.1, 0.15) is 51.5 Å². The summed E-state index contributed by atoms with van der Waals surface area (Å²) in [6.45, 7) is 4.63. The Balaban J connectivity index is 2.02. The molecule has 1 saturated carbocycles. The van der Waals surface area contributed by atoms with Crippen LogP contribution in [0, 0.1) is 11.8 Å². The highest BCUT2D eigenvalue weighted by Crippen LogP contribution is 2.36. The smallest absolute Gasteiger partial charge is 0.119 e. The molecule has 1 aromatic rings. The van der Waals surface area contributed by atoms with Gasteiger partial charge >= 0.3 is 0 Å². The van der Waals surface area contributed by atoms with E-state index >= 15 is 0 Å². The zero-order valence-corrected chi connectivity index (χ0v) is 13.2. The van der Waals surface area contributed by atoms with Crippen LogP contribution in [0.15, 0.2) is 24.3 Å². The SMILES string of the molecule is COc1cccc(CC2(N)CCCC(CC(C)C)C2)c1. The van der Waals surface area contributed by atoms with Crippen molar-refractivity contribution >= 4 is 0 Å². The van der Waals surface area contributed by atoms with E-state index in [0.717, 1.165) is 30.4 Å². The van der Waals surface area contributed by atoms with Gasteiger partial charge in [0.25, 0.3) is 0 Å². The minimum Gasteiger partial charge on any atom is -0.497 e. The molecule has 2 atom stereocenters. The van der Waals surface area contributed by atoms with E-state index in [1.54, 1.807) is 7.11 Å². The van der Waals surface area contributed by atoms with E-state index in [4.69, 9.17) is 10.5 Å². The van der Waals surface area contributed by atoms with Crippen molar-refractivity contribution in [2.75, 3.05) is 7.11 Å². The van der Waals surface area contributed by atoms with Crippen LogP contribution in [0.5, 0.6) is 5.75 Å². The van der Waals surface area contributed by atoms with Crippen LogP contribution in [0.2, 0.25) is 0 Å². The molecule has 0 aliphatic heterocycles. The van der Waals surface area contributed by atoms with Gasteiger partial charge in [0, 0.05) is 5.54 Å². The van der Waals surface area contributed by atoms with Crippen LogP contribution in [0.25, 0.3) is 0 Å². The predicted octanol–water partition coefficient (Wildman–Crippen LogP) is 4.17. The van der Waals surface area contributed by atoms with Crippen molar-refractivity contribution in [2.45, 2.75) is 57.9 Å². The monoisotopic (exact) mass is 275 g/mol. The van der Waals surface area contributed by atoms with Crippen LogP contribution in [-0.2, 0) is 6.42 Å². The van der Waals surface area contributed by atoms with Crippen molar-refractivity contribution in [3.8, 4) is 5.75 Å². The maximum Gasteiger partial charge on any atom is 0.119 e.